The first-order chi connectivity index (χ1) is 10.1. The van der Waals surface area contributed by atoms with Gasteiger partial charge in [0.15, 0.2) is 0 Å². The fourth-order valence-electron chi connectivity index (χ4n) is 1.76. The first-order valence-electron chi connectivity index (χ1n) is 7.16. The SMILES string of the molecule is C/C=C(Cc1ncccn1)\C(C(N)=NC)=C(/C)NC.CC. The third kappa shape index (κ3) is 5.77. The number of aromatic nitrogens is 2. The van der Waals surface area contributed by atoms with Crippen molar-refractivity contribution in [2.24, 2.45) is 10.7 Å². The topological polar surface area (TPSA) is 76.2 Å². The van der Waals surface area contributed by atoms with E-state index in [0.29, 0.717) is 12.3 Å². The molecule has 0 saturated heterocycles. The van der Waals surface area contributed by atoms with Crippen molar-refractivity contribution in [2.45, 2.75) is 34.1 Å². The van der Waals surface area contributed by atoms with E-state index in [1.807, 2.05) is 40.8 Å². The molecule has 1 aromatic heterocycles. The van der Waals surface area contributed by atoms with Crippen molar-refractivity contribution in [3.05, 3.63) is 47.2 Å². The number of allylic oxidation sites excluding steroid dienone is 2. The van der Waals surface area contributed by atoms with Crippen LogP contribution < -0.4 is 11.1 Å². The van der Waals surface area contributed by atoms with Gasteiger partial charge in [-0.3, -0.25) is 4.99 Å². The fraction of sp³-hybridized carbons (Fsp3) is 0.438. The molecule has 0 aromatic carbocycles. The molecule has 5 nitrogen and oxygen atoms in total. The molecule has 1 heterocycles. The lowest BCUT2D eigenvalue weighted by molar-refractivity contribution is 0.933. The standard InChI is InChI=1S/C14H21N5.C2H6/c1-5-11(9-12-18-7-6-8-19-12)13(10(2)16-3)14(15)17-4;1-2/h5-8,16H,9H2,1-4H3,(H2,15,17);1-2H3/b11-5-,13-10-;. The number of nitrogens with one attached hydrogen (secondary N) is 1. The first kappa shape index (κ1) is 18.8. The van der Waals surface area contributed by atoms with Crippen LogP contribution in [0.2, 0.25) is 0 Å². The van der Waals surface area contributed by atoms with Gasteiger partial charge >= 0.3 is 0 Å². The van der Waals surface area contributed by atoms with Crippen molar-refractivity contribution < 1.29 is 0 Å². The molecule has 116 valence electrons. The average molecular weight is 289 g/mol. The molecule has 21 heavy (non-hydrogen) atoms. The van der Waals surface area contributed by atoms with Crippen LogP contribution in [-0.4, -0.2) is 29.9 Å². The normalized spacial score (nSPS) is 13.0. The molecule has 0 saturated carbocycles. The summed E-state index contributed by atoms with van der Waals surface area (Å²) in [5.41, 5.74) is 8.95. The number of hydrogen-bond donors (Lipinski definition) is 2. The van der Waals surface area contributed by atoms with Gasteiger partial charge in [0.2, 0.25) is 0 Å². The van der Waals surface area contributed by atoms with E-state index in [1.54, 1.807) is 25.5 Å². The van der Waals surface area contributed by atoms with Gasteiger partial charge < -0.3 is 11.1 Å². The van der Waals surface area contributed by atoms with E-state index in [9.17, 15) is 0 Å². The molecule has 5 heteroatoms. The van der Waals surface area contributed by atoms with Gasteiger partial charge in [-0.05, 0) is 25.5 Å². The molecule has 0 aliphatic carbocycles. The molecule has 1 aromatic rings. The quantitative estimate of drug-likeness (QED) is 0.496. The van der Waals surface area contributed by atoms with Crippen molar-refractivity contribution in [3.63, 3.8) is 0 Å². The van der Waals surface area contributed by atoms with Crippen molar-refractivity contribution in [2.75, 3.05) is 14.1 Å². The fourth-order valence-corrected chi connectivity index (χ4v) is 1.76. The molecule has 1 rings (SSSR count). The molecular formula is C16H27N5. The molecule has 0 atom stereocenters. The number of rotatable bonds is 5. The predicted molar refractivity (Wildman–Crippen MR) is 90.1 cm³/mol. The molecular weight excluding hydrogens is 262 g/mol. The maximum Gasteiger partial charge on any atom is 0.132 e. The van der Waals surface area contributed by atoms with Crippen LogP contribution >= 0.6 is 0 Å². The molecule has 0 fully saturated rings. The minimum Gasteiger partial charge on any atom is -0.391 e. The van der Waals surface area contributed by atoms with Gasteiger partial charge in [-0.25, -0.2) is 9.97 Å². The molecule has 0 bridgehead atoms. The second kappa shape index (κ2) is 10.6. The van der Waals surface area contributed by atoms with Crippen molar-refractivity contribution in [1.29, 1.82) is 0 Å². The zero-order valence-corrected chi connectivity index (χ0v) is 13.9. The van der Waals surface area contributed by atoms with Crippen LogP contribution in [0.4, 0.5) is 0 Å². The lowest BCUT2D eigenvalue weighted by atomic mass is 9.99. The van der Waals surface area contributed by atoms with Crippen LogP contribution in [0.15, 0.2) is 46.4 Å². The predicted octanol–water partition coefficient (Wildman–Crippen LogP) is 2.47. The zero-order chi connectivity index (χ0) is 16.3. The van der Waals surface area contributed by atoms with Gasteiger partial charge in [-0.2, -0.15) is 0 Å². The number of aliphatic imine (C=N–C) groups is 1. The lowest BCUT2D eigenvalue weighted by Crippen LogP contribution is -2.22. The molecule has 0 amide bonds. The second-order valence-corrected chi connectivity index (χ2v) is 4.01. The number of amidine groups is 1. The summed E-state index contributed by atoms with van der Waals surface area (Å²) in [5.74, 6) is 1.27. The van der Waals surface area contributed by atoms with Gasteiger partial charge in [0.05, 0.1) is 0 Å². The molecule has 0 radical (unpaired) electrons. The summed E-state index contributed by atoms with van der Waals surface area (Å²) in [5, 5.41) is 3.12. The van der Waals surface area contributed by atoms with Crippen LogP contribution in [0.1, 0.15) is 33.5 Å². The van der Waals surface area contributed by atoms with E-state index in [4.69, 9.17) is 5.73 Å². The van der Waals surface area contributed by atoms with E-state index in [2.05, 4.69) is 20.3 Å². The van der Waals surface area contributed by atoms with Gasteiger partial charge in [0.25, 0.3) is 0 Å². The number of hydrogen-bond acceptors (Lipinski definition) is 4. The summed E-state index contributed by atoms with van der Waals surface area (Å²) < 4.78 is 0. The van der Waals surface area contributed by atoms with Crippen LogP contribution in [0.25, 0.3) is 0 Å². The largest absolute Gasteiger partial charge is 0.391 e. The average Bonchev–Trinajstić information content (AvgIpc) is 2.56. The summed E-state index contributed by atoms with van der Waals surface area (Å²) in [6.07, 6.45) is 6.12. The molecule has 0 unspecified atom stereocenters. The Morgan fingerprint density at radius 3 is 2.33 bits per heavy atom. The highest BCUT2D eigenvalue weighted by Gasteiger charge is 2.13. The monoisotopic (exact) mass is 289 g/mol. The highest BCUT2D eigenvalue weighted by atomic mass is 14.9. The summed E-state index contributed by atoms with van der Waals surface area (Å²) in [7, 11) is 3.55. The Labute approximate surface area is 128 Å². The van der Waals surface area contributed by atoms with E-state index in [-0.39, 0.29) is 0 Å². The molecule has 0 spiro atoms. The third-order valence-electron chi connectivity index (χ3n) is 2.88. The number of nitrogens with zero attached hydrogens (tertiary/aromatic N) is 3. The van der Waals surface area contributed by atoms with Crippen molar-refractivity contribution in [1.82, 2.24) is 15.3 Å². The summed E-state index contributed by atoms with van der Waals surface area (Å²) in [4.78, 5) is 12.6. The third-order valence-corrected chi connectivity index (χ3v) is 2.88. The Hall–Kier alpha value is -2.17. The van der Waals surface area contributed by atoms with E-state index in [0.717, 1.165) is 22.7 Å². The number of nitrogens with two attached hydrogens (primary N) is 1. The second-order valence-electron chi connectivity index (χ2n) is 4.01. The van der Waals surface area contributed by atoms with E-state index < -0.39 is 0 Å². The summed E-state index contributed by atoms with van der Waals surface area (Å²) in [6.45, 7) is 7.95. The minimum absolute atomic E-state index is 0.510. The minimum atomic E-state index is 0.510. The Morgan fingerprint density at radius 1 is 1.33 bits per heavy atom. The molecule has 3 N–H and O–H groups in total. The van der Waals surface area contributed by atoms with Crippen LogP contribution in [-0.2, 0) is 6.42 Å². The Morgan fingerprint density at radius 2 is 1.90 bits per heavy atom. The maximum atomic E-state index is 5.99. The van der Waals surface area contributed by atoms with Gasteiger partial charge in [0, 0.05) is 44.2 Å². The molecule has 0 aliphatic rings. The first-order valence-corrected chi connectivity index (χ1v) is 7.16. The lowest BCUT2D eigenvalue weighted by Gasteiger charge is -2.14. The van der Waals surface area contributed by atoms with Gasteiger partial charge in [-0.1, -0.05) is 19.9 Å². The smallest absolute Gasteiger partial charge is 0.132 e. The van der Waals surface area contributed by atoms with Crippen molar-refractivity contribution in [3.8, 4) is 0 Å². The van der Waals surface area contributed by atoms with Crippen LogP contribution in [0.5, 0.6) is 0 Å². The Kier molecular flexibility index (Phi) is 9.50. The van der Waals surface area contributed by atoms with Crippen LogP contribution in [0.3, 0.4) is 0 Å². The van der Waals surface area contributed by atoms with Gasteiger partial charge in [-0.15, -0.1) is 0 Å². The Bertz CT molecular complexity index is 501. The van der Waals surface area contributed by atoms with E-state index in [1.165, 1.54) is 0 Å². The molecule has 0 aliphatic heterocycles. The zero-order valence-electron chi connectivity index (χ0n) is 13.9. The summed E-state index contributed by atoms with van der Waals surface area (Å²) >= 11 is 0. The Balaban J connectivity index is 0.00000191. The maximum absolute atomic E-state index is 5.99. The highest BCUT2D eigenvalue weighted by molar-refractivity contribution is 6.01. The van der Waals surface area contributed by atoms with Crippen molar-refractivity contribution >= 4 is 5.84 Å². The van der Waals surface area contributed by atoms with E-state index >= 15 is 0 Å². The highest BCUT2D eigenvalue weighted by Crippen LogP contribution is 2.17. The van der Waals surface area contributed by atoms with Gasteiger partial charge in [0.1, 0.15) is 11.7 Å². The summed E-state index contributed by atoms with van der Waals surface area (Å²) in [6, 6.07) is 1.80. The van der Waals surface area contributed by atoms with Crippen LogP contribution in [0, 0.1) is 0 Å².